The van der Waals surface area contributed by atoms with Crippen LogP contribution >= 0.6 is 0 Å². The van der Waals surface area contributed by atoms with Gasteiger partial charge in [0.15, 0.2) is 0 Å². The summed E-state index contributed by atoms with van der Waals surface area (Å²) >= 11 is 0. The van der Waals surface area contributed by atoms with E-state index in [0.29, 0.717) is 12.5 Å². The fourth-order valence-electron chi connectivity index (χ4n) is 3.01. The van der Waals surface area contributed by atoms with Gasteiger partial charge in [-0.3, -0.25) is 0 Å². The first-order valence-electron chi connectivity index (χ1n) is 7.76. The lowest BCUT2D eigenvalue weighted by atomic mass is 9.83. The molecule has 2 aromatic carbocycles. The Morgan fingerprint density at radius 3 is 2.43 bits per heavy atom. The minimum absolute atomic E-state index is 0.0984. The highest BCUT2D eigenvalue weighted by Crippen LogP contribution is 2.34. The maximum atomic E-state index is 9.61. The van der Waals surface area contributed by atoms with Crippen LogP contribution in [0.3, 0.4) is 0 Å². The number of benzene rings is 2. The van der Waals surface area contributed by atoms with Crippen LogP contribution in [0.4, 0.5) is 0 Å². The standard InChI is InChI=1S/C19H22O2/c20-18-11-9-16(10-12-18)17-7-4-8-19(13-17)21-14-15-5-2-1-3-6-15/h1-8,13,16,18,20H,9-12,14H2. The normalized spacial score (nSPS) is 22.0. The zero-order valence-electron chi connectivity index (χ0n) is 12.2. The van der Waals surface area contributed by atoms with Crippen molar-refractivity contribution in [2.45, 2.75) is 44.3 Å². The maximum absolute atomic E-state index is 9.61. The number of hydrogen-bond donors (Lipinski definition) is 1. The van der Waals surface area contributed by atoms with Crippen LogP contribution in [0.5, 0.6) is 5.75 Å². The summed E-state index contributed by atoms with van der Waals surface area (Å²) in [7, 11) is 0. The van der Waals surface area contributed by atoms with E-state index in [1.807, 2.05) is 24.3 Å². The number of aliphatic hydroxyl groups is 1. The Hall–Kier alpha value is -1.80. The highest BCUT2D eigenvalue weighted by Gasteiger charge is 2.20. The molecule has 0 aromatic heterocycles. The van der Waals surface area contributed by atoms with Gasteiger partial charge in [-0.25, -0.2) is 0 Å². The number of rotatable bonds is 4. The van der Waals surface area contributed by atoms with Crippen molar-refractivity contribution in [1.82, 2.24) is 0 Å². The summed E-state index contributed by atoms with van der Waals surface area (Å²) in [4.78, 5) is 0. The zero-order chi connectivity index (χ0) is 14.5. The smallest absolute Gasteiger partial charge is 0.120 e. The molecule has 1 aliphatic rings. The molecule has 2 nitrogen and oxygen atoms in total. The summed E-state index contributed by atoms with van der Waals surface area (Å²) < 4.78 is 5.90. The number of aliphatic hydroxyl groups excluding tert-OH is 1. The van der Waals surface area contributed by atoms with Crippen LogP contribution in [-0.2, 0) is 6.61 Å². The van der Waals surface area contributed by atoms with Crippen LogP contribution in [0, 0.1) is 0 Å². The van der Waals surface area contributed by atoms with Gasteiger partial charge in [0.1, 0.15) is 12.4 Å². The van der Waals surface area contributed by atoms with Crippen molar-refractivity contribution in [3.05, 3.63) is 65.7 Å². The molecule has 21 heavy (non-hydrogen) atoms. The third-order valence-electron chi connectivity index (χ3n) is 4.27. The van der Waals surface area contributed by atoms with Crippen LogP contribution in [0.1, 0.15) is 42.7 Å². The van der Waals surface area contributed by atoms with Gasteiger partial charge < -0.3 is 9.84 Å². The van der Waals surface area contributed by atoms with Gasteiger partial charge in [0, 0.05) is 0 Å². The molecule has 1 saturated carbocycles. The largest absolute Gasteiger partial charge is 0.489 e. The van der Waals surface area contributed by atoms with Gasteiger partial charge in [-0.05, 0) is 54.9 Å². The van der Waals surface area contributed by atoms with Crippen molar-refractivity contribution in [2.24, 2.45) is 0 Å². The molecule has 0 aliphatic heterocycles. The lowest BCUT2D eigenvalue weighted by molar-refractivity contribution is 0.122. The predicted octanol–water partition coefficient (Wildman–Crippen LogP) is 4.28. The Bertz CT molecular complexity index is 557. The van der Waals surface area contributed by atoms with E-state index >= 15 is 0 Å². The molecule has 110 valence electrons. The molecule has 2 heteroatoms. The summed E-state index contributed by atoms with van der Waals surface area (Å²) in [5.74, 6) is 1.50. The van der Waals surface area contributed by atoms with Crippen LogP contribution in [0.25, 0.3) is 0 Å². The molecule has 1 aliphatic carbocycles. The van der Waals surface area contributed by atoms with Crippen molar-refractivity contribution in [2.75, 3.05) is 0 Å². The van der Waals surface area contributed by atoms with Gasteiger partial charge in [0.2, 0.25) is 0 Å². The summed E-state index contributed by atoms with van der Waals surface area (Å²) in [5.41, 5.74) is 2.52. The summed E-state index contributed by atoms with van der Waals surface area (Å²) in [5, 5.41) is 9.61. The average Bonchev–Trinajstić information content (AvgIpc) is 2.55. The molecule has 0 unspecified atom stereocenters. The highest BCUT2D eigenvalue weighted by atomic mass is 16.5. The first kappa shape index (κ1) is 14.2. The monoisotopic (exact) mass is 282 g/mol. The van der Waals surface area contributed by atoms with Crippen LogP contribution in [0.2, 0.25) is 0 Å². The molecule has 0 radical (unpaired) electrons. The quantitative estimate of drug-likeness (QED) is 0.906. The van der Waals surface area contributed by atoms with Gasteiger partial charge in [-0.2, -0.15) is 0 Å². The van der Waals surface area contributed by atoms with E-state index < -0.39 is 0 Å². The molecule has 2 aromatic rings. The van der Waals surface area contributed by atoms with Crippen molar-refractivity contribution >= 4 is 0 Å². The minimum Gasteiger partial charge on any atom is -0.489 e. The molecule has 3 rings (SSSR count). The van der Waals surface area contributed by atoms with Crippen molar-refractivity contribution < 1.29 is 9.84 Å². The number of ether oxygens (including phenoxy) is 1. The van der Waals surface area contributed by atoms with Crippen molar-refractivity contribution in [3.63, 3.8) is 0 Å². The maximum Gasteiger partial charge on any atom is 0.120 e. The first-order chi connectivity index (χ1) is 10.3. The average molecular weight is 282 g/mol. The molecule has 0 spiro atoms. The van der Waals surface area contributed by atoms with Gasteiger partial charge in [0.05, 0.1) is 6.10 Å². The third kappa shape index (κ3) is 3.85. The van der Waals surface area contributed by atoms with E-state index in [0.717, 1.165) is 31.4 Å². The zero-order valence-corrected chi connectivity index (χ0v) is 12.2. The van der Waals surface area contributed by atoms with E-state index in [-0.39, 0.29) is 6.10 Å². The predicted molar refractivity (Wildman–Crippen MR) is 84.4 cm³/mol. The topological polar surface area (TPSA) is 29.5 Å². The van der Waals surface area contributed by atoms with E-state index in [2.05, 4.69) is 30.3 Å². The molecular weight excluding hydrogens is 260 g/mol. The van der Waals surface area contributed by atoms with Crippen molar-refractivity contribution in [3.8, 4) is 5.75 Å². The Morgan fingerprint density at radius 1 is 0.905 bits per heavy atom. The Balaban J connectivity index is 1.63. The molecule has 1 N–H and O–H groups in total. The van der Waals surface area contributed by atoms with Crippen LogP contribution in [-0.4, -0.2) is 11.2 Å². The molecule has 0 bridgehead atoms. The van der Waals surface area contributed by atoms with Crippen molar-refractivity contribution in [1.29, 1.82) is 0 Å². The Kier molecular flexibility index (Phi) is 4.56. The molecule has 0 atom stereocenters. The Morgan fingerprint density at radius 2 is 1.67 bits per heavy atom. The summed E-state index contributed by atoms with van der Waals surface area (Å²) in [6.07, 6.45) is 3.88. The van der Waals surface area contributed by atoms with Gasteiger partial charge in [0.25, 0.3) is 0 Å². The summed E-state index contributed by atoms with van der Waals surface area (Å²) in [6, 6.07) is 18.7. The van der Waals surface area contributed by atoms with Crippen LogP contribution < -0.4 is 4.74 Å². The third-order valence-corrected chi connectivity index (χ3v) is 4.27. The van der Waals surface area contributed by atoms with Gasteiger partial charge in [-0.1, -0.05) is 42.5 Å². The SMILES string of the molecule is OC1CCC(c2cccc(OCc3ccccc3)c2)CC1. The van der Waals surface area contributed by atoms with E-state index in [1.54, 1.807) is 0 Å². The second-order valence-corrected chi connectivity index (χ2v) is 5.85. The lowest BCUT2D eigenvalue weighted by Gasteiger charge is -2.25. The Labute approximate surface area is 126 Å². The fraction of sp³-hybridized carbons (Fsp3) is 0.368. The first-order valence-corrected chi connectivity index (χ1v) is 7.76. The molecule has 0 amide bonds. The van der Waals surface area contributed by atoms with E-state index in [1.165, 1.54) is 11.1 Å². The van der Waals surface area contributed by atoms with Gasteiger partial charge >= 0.3 is 0 Å². The van der Waals surface area contributed by atoms with Gasteiger partial charge in [-0.15, -0.1) is 0 Å². The second-order valence-electron chi connectivity index (χ2n) is 5.85. The van der Waals surface area contributed by atoms with Crippen LogP contribution in [0.15, 0.2) is 54.6 Å². The fourth-order valence-corrected chi connectivity index (χ4v) is 3.01. The molecular formula is C19H22O2. The minimum atomic E-state index is -0.0984. The van der Waals surface area contributed by atoms with E-state index in [4.69, 9.17) is 4.74 Å². The van der Waals surface area contributed by atoms with E-state index in [9.17, 15) is 5.11 Å². The lowest BCUT2D eigenvalue weighted by Crippen LogP contribution is -2.16. The molecule has 1 fully saturated rings. The number of hydrogen-bond acceptors (Lipinski definition) is 2. The summed E-state index contributed by atoms with van der Waals surface area (Å²) in [6.45, 7) is 0.605. The molecule has 0 saturated heterocycles. The highest BCUT2D eigenvalue weighted by molar-refractivity contribution is 5.31. The molecule has 0 heterocycles. The second kappa shape index (κ2) is 6.77.